The molecular formula is C16H18F2N4O. The number of hydrogen-bond donors (Lipinski definition) is 1. The van der Waals surface area contributed by atoms with E-state index in [2.05, 4.69) is 4.98 Å². The Morgan fingerprint density at radius 3 is 2.96 bits per heavy atom. The molecule has 1 unspecified atom stereocenters. The second-order valence-corrected chi connectivity index (χ2v) is 6.46. The van der Waals surface area contributed by atoms with Crippen molar-refractivity contribution in [3.05, 3.63) is 40.1 Å². The summed E-state index contributed by atoms with van der Waals surface area (Å²) in [5.41, 5.74) is 7.27. The van der Waals surface area contributed by atoms with Gasteiger partial charge in [-0.25, -0.2) is 8.78 Å². The van der Waals surface area contributed by atoms with Crippen molar-refractivity contribution in [2.45, 2.75) is 31.1 Å². The van der Waals surface area contributed by atoms with Crippen LogP contribution in [0.3, 0.4) is 0 Å². The maximum absolute atomic E-state index is 14.3. The molecule has 2 N–H and O–H groups in total. The van der Waals surface area contributed by atoms with Crippen LogP contribution in [0.5, 0.6) is 0 Å². The molecule has 1 fully saturated rings. The maximum atomic E-state index is 14.3. The molecule has 0 saturated carbocycles. The molecule has 5 nitrogen and oxygen atoms in total. The minimum absolute atomic E-state index is 0.155. The molecule has 0 spiro atoms. The Morgan fingerprint density at radius 1 is 1.35 bits per heavy atom. The van der Waals surface area contributed by atoms with E-state index in [1.165, 1.54) is 12.3 Å². The van der Waals surface area contributed by atoms with Crippen LogP contribution in [0, 0.1) is 5.82 Å². The lowest BCUT2D eigenvalue weighted by Gasteiger charge is -2.34. The molecule has 0 radical (unpaired) electrons. The van der Waals surface area contributed by atoms with Crippen LogP contribution in [-0.2, 0) is 6.54 Å². The van der Waals surface area contributed by atoms with Crippen molar-refractivity contribution in [1.29, 1.82) is 0 Å². The molecule has 4 rings (SSSR count). The monoisotopic (exact) mass is 320 g/mol. The SMILES string of the molecule is N[C@H]1CCN(CC2Cn3c(=O)ccc4ncc(F)c2c43)C[C@H]1F. The van der Waals surface area contributed by atoms with E-state index in [0.717, 1.165) is 0 Å². The third kappa shape index (κ3) is 2.35. The topological polar surface area (TPSA) is 64.2 Å². The average molecular weight is 320 g/mol. The van der Waals surface area contributed by atoms with Crippen LogP contribution in [0.25, 0.3) is 11.0 Å². The molecule has 0 amide bonds. The van der Waals surface area contributed by atoms with Gasteiger partial charge in [-0.3, -0.25) is 14.7 Å². The van der Waals surface area contributed by atoms with Crippen molar-refractivity contribution in [2.24, 2.45) is 5.73 Å². The van der Waals surface area contributed by atoms with Gasteiger partial charge in [0.25, 0.3) is 5.56 Å². The van der Waals surface area contributed by atoms with Crippen LogP contribution in [0.1, 0.15) is 17.9 Å². The number of nitrogens with two attached hydrogens (primary N) is 1. The number of halogens is 2. The Balaban J connectivity index is 1.68. The molecule has 0 aromatic carbocycles. The molecule has 4 heterocycles. The lowest BCUT2D eigenvalue weighted by Crippen LogP contribution is -2.49. The molecule has 23 heavy (non-hydrogen) atoms. The highest BCUT2D eigenvalue weighted by molar-refractivity contribution is 5.80. The smallest absolute Gasteiger partial charge is 0.251 e. The summed E-state index contributed by atoms with van der Waals surface area (Å²) in [5.74, 6) is -0.568. The van der Waals surface area contributed by atoms with Crippen LogP contribution < -0.4 is 11.3 Å². The Kier molecular flexibility index (Phi) is 3.42. The Morgan fingerprint density at radius 2 is 2.17 bits per heavy atom. The van der Waals surface area contributed by atoms with Crippen molar-refractivity contribution in [3.63, 3.8) is 0 Å². The zero-order chi connectivity index (χ0) is 16.1. The molecule has 2 aliphatic heterocycles. The zero-order valence-electron chi connectivity index (χ0n) is 12.6. The van der Waals surface area contributed by atoms with E-state index in [0.29, 0.717) is 42.7 Å². The van der Waals surface area contributed by atoms with Crippen LogP contribution in [0.2, 0.25) is 0 Å². The van der Waals surface area contributed by atoms with Crippen molar-refractivity contribution in [3.8, 4) is 0 Å². The van der Waals surface area contributed by atoms with Crippen molar-refractivity contribution < 1.29 is 8.78 Å². The first-order valence-corrected chi connectivity index (χ1v) is 7.84. The molecule has 1 saturated heterocycles. The second-order valence-electron chi connectivity index (χ2n) is 6.46. The predicted octanol–water partition coefficient (Wildman–Crippen LogP) is 1.00. The first-order valence-electron chi connectivity index (χ1n) is 7.84. The number of hydrogen-bond acceptors (Lipinski definition) is 4. The number of nitrogens with zero attached hydrogens (tertiary/aromatic N) is 3. The van der Waals surface area contributed by atoms with E-state index < -0.39 is 18.0 Å². The molecule has 2 aromatic heterocycles. The van der Waals surface area contributed by atoms with Gasteiger partial charge in [-0.1, -0.05) is 0 Å². The first-order chi connectivity index (χ1) is 11.0. The summed E-state index contributed by atoms with van der Waals surface area (Å²) < 4.78 is 29.7. The van der Waals surface area contributed by atoms with E-state index in [4.69, 9.17) is 5.73 Å². The normalized spacial score (nSPS) is 27.7. The maximum Gasteiger partial charge on any atom is 0.251 e. The van der Waals surface area contributed by atoms with Gasteiger partial charge in [0, 0.05) is 43.2 Å². The average Bonchev–Trinajstić information content (AvgIpc) is 2.91. The third-order valence-corrected chi connectivity index (χ3v) is 4.96. The Hall–Kier alpha value is -1.86. The molecule has 2 aliphatic rings. The van der Waals surface area contributed by atoms with Gasteiger partial charge in [0.15, 0.2) is 0 Å². The number of rotatable bonds is 2. The minimum atomic E-state index is -1.06. The van der Waals surface area contributed by atoms with E-state index >= 15 is 0 Å². The molecular weight excluding hydrogens is 302 g/mol. The molecule has 0 aliphatic carbocycles. The van der Waals surface area contributed by atoms with Crippen LogP contribution in [-0.4, -0.2) is 46.3 Å². The number of likely N-dealkylation sites (tertiary alicyclic amines) is 1. The standard InChI is InChI=1S/C16H18F2N4O/c17-10-5-20-13-1-2-14(23)22-7-9(15(10)16(13)22)6-21-4-3-12(19)11(18)8-21/h1-2,5,9,11-12H,3-4,6-8,19H2/t9?,11-,12+/m1/s1. The first kappa shape index (κ1) is 14.7. The van der Waals surface area contributed by atoms with Gasteiger partial charge in [0.05, 0.1) is 17.2 Å². The zero-order valence-corrected chi connectivity index (χ0v) is 12.6. The van der Waals surface area contributed by atoms with Gasteiger partial charge in [-0.05, 0) is 19.0 Å². The van der Waals surface area contributed by atoms with E-state index in [1.54, 1.807) is 10.6 Å². The summed E-state index contributed by atoms with van der Waals surface area (Å²) in [6.45, 7) is 1.88. The summed E-state index contributed by atoms with van der Waals surface area (Å²) in [4.78, 5) is 18.1. The van der Waals surface area contributed by atoms with Crippen LogP contribution >= 0.6 is 0 Å². The lowest BCUT2D eigenvalue weighted by molar-refractivity contribution is 0.113. The predicted molar refractivity (Wildman–Crippen MR) is 82.6 cm³/mol. The molecule has 122 valence electrons. The van der Waals surface area contributed by atoms with Crippen molar-refractivity contribution in [2.75, 3.05) is 19.6 Å². The molecule has 2 aromatic rings. The fourth-order valence-corrected chi connectivity index (χ4v) is 3.76. The quantitative estimate of drug-likeness (QED) is 0.897. The van der Waals surface area contributed by atoms with E-state index in [1.807, 2.05) is 4.90 Å². The van der Waals surface area contributed by atoms with Gasteiger partial charge in [-0.15, -0.1) is 0 Å². The Labute approximate surface area is 131 Å². The van der Waals surface area contributed by atoms with E-state index in [-0.39, 0.29) is 18.0 Å². The summed E-state index contributed by atoms with van der Waals surface area (Å²) in [6, 6.07) is 2.66. The summed E-state index contributed by atoms with van der Waals surface area (Å²) >= 11 is 0. The highest BCUT2D eigenvalue weighted by Gasteiger charge is 2.33. The van der Waals surface area contributed by atoms with Crippen molar-refractivity contribution in [1.82, 2.24) is 14.5 Å². The summed E-state index contributed by atoms with van der Waals surface area (Å²) in [5, 5.41) is 0. The van der Waals surface area contributed by atoms with Crippen molar-refractivity contribution >= 4 is 11.0 Å². The molecule has 0 bridgehead atoms. The van der Waals surface area contributed by atoms with Crippen LogP contribution in [0.4, 0.5) is 8.78 Å². The summed E-state index contributed by atoms with van der Waals surface area (Å²) in [6.07, 6.45) is 0.738. The number of aromatic nitrogens is 2. The van der Waals surface area contributed by atoms with E-state index in [9.17, 15) is 13.6 Å². The lowest BCUT2D eigenvalue weighted by atomic mass is 9.98. The highest BCUT2D eigenvalue weighted by atomic mass is 19.1. The fourth-order valence-electron chi connectivity index (χ4n) is 3.76. The second kappa shape index (κ2) is 5.35. The molecule has 7 heteroatoms. The number of piperidine rings is 1. The largest absolute Gasteiger partial charge is 0.325 e. The minimum Gasteiger partial charge on any atom is -0.325 e. The Bertz CT molecular complexity index is 822. The van der Waals surface area contributed by atoms with Gasteiger partial charge >= 0.3 is 0 Å². The molecule has 3 atom stereocenters. The van der Waals surface area contributed by atoms with Gasteiger partial charge in [-0.2, -0.15) is 0 Å². The van der Waals surface area contributed by atoms with Gasteiger partial charge < -0.3 is 10.3 Å². The van der Waals surface area contributed by atoms with Gasteiger partial charge in [0.1, 0.15) is 12.0 Å². The summed E-state index contributed by atoms with van der Waals surface area (Å²) in [7, 11) is 0. The van der Waals surface area contributed by atoms with Crippen LogP contribution in [0.15, 0.2) is 23.1 Å². The fraction of sp³-hybridized carbons (Fsp3) is 0.500. The highest BCUT2D eigenvalue weighted by Crippen LogP contribution is 2.34. The van der Waals surface area contributed by atoms with Gasteiger partial charge in [0.2, 0.25) is 0 Å². The number of alkyl halides is 1. The third-order valence-electron chi connectivity index (χ3n) is 4.96. The number of pyridine rings is 2.